The molecule has 0 aliphatic carbocycles. The molecular formula is C20H18N2O6. The minimum atomic E-state index is -0.579. The smallest absolute Gasteiger partial charge is 0.340 e. The predicted octanol–water partition coefficient (Wildman–Crippen LogP) is 3.57. The van der Waals surface area contributed by atoms with Crippen LogP contribution in [0.1, 0.15) is 38.9 Å². The number of carbonyl (C=O) groups is 2. The van der Waals surface area contributed by atoms with Crippen molar-refractivity contribution in [2.24, 2.45) is 0 Å². The van der Waals surface area contributed by atoms with Crippen LogP contribution >= 0.6 is 0 Å². The van der Waals surface area contributed by atoms with Gasteiger partial charge in [-0.25, -0.2) is 4.79 Å². The molecule has 0 unspecified atom stereocenters. The quantitative estimate of drug-likeness (QED) is 0.280. The second-order valence-electron chi connectivity index (χ2n) is 6.00. The molecule has 0 N–H and O–H groups in total. The third-order valence-corrected chi connectivity index (χ3v) is 4.42. The van der Waals surface area contributed by atoms with Crippen LogP contribution in [0, 0.1) is 17.0 Å². The van der Waals surface area contributed by atoms with E-state index >= 15 is 0 Å². The summed E-state index contributed by atoms with van der Waals surface area (Å²) in [6.45, 7) is 3.60. The van der Waals surface area contributed by atoms with Gasteiger partial charge in [0.15, 0.2) is 5.75 Å². The Morgan fingerprint density at radius 1 is 1.21 bits per heavy atom. The maximum atomic E-state index is 13.2. The van der Waals surface area contributed by atoms with Crippen molar-refractivity contribution in [3.63, 3.8) is 0 Å². The van der Waals surface area contributed by atoms with Crippen molar-refractivity contribution in [3.8, 4) is 5.75 Å². The van der Waals surface area contributed by atoms with E-state index < -0.39 is 10.9 Å². The first kappa shape index (κ1) is 19.1. The van der Waals surface area contributed by atoms with E-state index in [1.807, 2.05) is 0 Å². The highest BCUT2D eigenvalue weighted by Gasteiger charge is 2.27. The number of nitro groups is 1. The number of rotatable bonds is 6. The van der Waals surface area contributed by atoms with Crippen LogP contribution in [0.4, 0.5) is 5.69 Å². The number of esters is 1. The number of hydrogen-bond donors (Lipinski definition) is 0. The molecule has 144 valence electrons. The van der Waals surface area contributed by atoms with Crippen LogP contribution in [0.2, 0.25) is 0 Å². The standard InChI is InChI=1S/C20H18N2O6/c1-4-28-20(24)17-12(2)18(21-10-6-5-7-15(17)21)19(23)13-8-9-14(22(25)26)16(11-13)27-3/h5-11H,4H2,1-3H3. The van der Waals surface area contributed by atoms with Gasteiger partial charge in [0, 0.05) is 17.8 Å². The molecule has 0 amide bonds. The molecule has 3 aromatic rings. The van der Waals surface area contributed by atoms with Crippen LogP contribution in [0.15, 0.2) is 42.6 Å². The second kappa shape index (κ2) is 7.51. The maximum absolute atomic E-state index is 13.2. The molecule has 8 heteroatoms. The fraction of sp³-hybridized carbons (Fsp3) is 0.200. The lowest BCUT2D eigenvalue weighted by atomic mass is 10.0. The lowest BCUT2D eigenvalue weighted by Gasteiger charge is -2.07. The molecule has 0 atom stereocenters. The number of methoxy groups -OCH3 is 1. The second-order valence-corrected chi connectivity index (χ2v) is 6.00. The van der Waals surface area contributed by atoms with Crippen LogP contribution in [0.3, 0.4) is 0 Å². The van der Waals surface area contributed by atoms with Crippen molar-refractivity contribution < 1.29 is 24.0 Å². The summed E-state index contributed by atoms with van der Waals surface area (Å²) in [5, 5.41) is 11.1. The van der Waals surface area contributed by atoms with Crippen molar-refractivity contribution in [2.45, 2.75) is 13.8 Å². The van der Waals surface area contributed by atoms with Gasteiger partial charge in [0.05, 0.1) is 35.4 Å². The van der Waals surface area contributed by atoms with E-state index in [2.05, 4.69) is 0 Å². The van der Waals surface area contributed by atoms with Gasteiger partial charge in [-0.05, 0) is 43.7 Å². The highest BCUT2D eigenvalue weighted by atomic mass is 16.6. The molecule has 3 rings (SSSR count). The Balaban J connectivity index is 2.19. The Morgan fingerprint density at radius 2 is 1.96 bits per heavy atom. The topological polar surface area (TPSA) is 100 Å². The first-order valence-electron chi connectivity index (χ1n) is 8.54. The zero-order chi connectivity index (χ0) is 20.4. The molecular weight excluding hydrogens is 364 g/mol. The number of benzene rings is 1. The summed E-state index contributed by atoms with van der Waals surface area (Å²) in [4.78, 5) is 36.2. The predicted molar refractivity (Wildman–Crippen MR) is 101 cm³/mol. The first-order valence-corrected chi connectivity index (χ1v) is 8.54. The zero-order valence-corrected chi connectivity index (χ0v) is 15.6. The van der Waals surface area contributed by atoms with E-state index in [0.29, 0.717) is 16.6 Å². The molecule has 0 aliphatic heterocycles. The Labute approximate surface area is 160 Å². The van der Waals surface area contributed by atoms with Gasteiger partial charge in [-0.1, -0.05) is 6.07 Å². The Bertz CT molecular complexity index is 1100. The molecule has 0 saturated heterocycles. The summed E-state index contributed by atoms with van der Waals surface area (Å²) in [7, 11) is 1.30. The number of nitro benzene ring substituents is 1. The van der Waals surface area contributed by atoms with Crippen molar-refractivity contribution >= 4 is 23.0 Å². The van der Waals surface area contributed by atoms with Crippen molar-refractivity contribution in [2.75, 3.05) is 13.7 Å². The summed E-state index contributed by atoms with van der Waals surface area (Å²) in [5.74, 6) is -0.911. The number of nitrogens with zero attached hydrogens (tertiary/aromatic N) is 2. The van der Waals surface area contributed by atoms with Gasteiger partial charge in [0.2, 0.25) is 5.78 Å². The number of aromatic nitrogens is 1. The molecule has 1 aromatic carbocycles. The fourth-order valence-corrected chi connectivity index (χ4v) is 3.18. The minimum absolute atomic E-state index is 0.0139. The van der Waals surface area contributed by atoms with Gasteiger partial charge in [0.25, 0.3) is 0 Å². The van der Waals surface area contributed by atoms with E-state index in [9.17, 15) is 19.7 Å². The fourth-order valence-electron chi connectivity index (χ4n) is 3.18. The third kappa shape index (κ3) is 3.09. The molecule has 0 bridgehead atoms. The van der Waals surface area contributed by atoms with E-state index in [1.54, 1.807) is 42.6 Å². The average molecular weight is 382 g/mol. The summed E-state index contributed by atoms with van der Waals surface area (Å²) in [6.07, 6.45) is 1.68. The molecule has 28 heavy (non-hydrogen) atoms. The number of pyridine rings is 1. The number of hydrogen-bond acceptors (Lipinski definition) is 6. The number of fused-ring (bicyclic) bond motifs is 1. The molecule has 2 heterocycles. The molecule has 0 aliphatic rings. The summed E-state index contributed by atoms with van der Waals surface area (Å²) < 4.78 is 11.8. The normalized spacial score (nSPS) is 10.7. The van der Waals surface area contributed by atoms with Crippen molar-refractivity contribution in [1.29, 1.82) is 0 Å². The van der Waals surface area contributed by atoms with Gasteiger partial charge in [-0.2, -0.15) is 0 Å². The van der Waals surface area contributed by atoms with Gasteiger partial charge in [-0.15, -0.1) is 0 Å². The third-order valence-electron chi connectivity index (χ3n) is 4.42. The minimum Gasteiger partial charge on any atom is -0.490 e. The van der Waals surface area contributed by atoms with E-state index in [4.69, 9.17) is 9.47 Å². The lowest BCUT2D eigenvalue weighted by Crippen LogP contribution is -2.09. The van der Waals surface area contributed by atoms with Crippen LogP contribution in [-0.4, -0.2) is 34.8 Å². The zero-order valence-electron chi connectivity index (χ0n) is 15.6. The number of ketones is 1. The van der Waals surface area contributed by atoms with E-state index in [1.165, 1.54) is 25.3 Å². The van der Waals surface area contributed by atoms with Gasteiger partial charge in [-0.3, -0.25) is 14.9 Å². The van der Waals surface area contributed by atoms with Gasteiger partial charge < -0.3 is 13.9 Å². The summed E-state index contributed by atoms with van der Waals surface area (Å²) >= 11 is 0. The van der Waals surface area contributed by atoms with Crippen LogP contribution in [-0.2, 0) is 4.74 Å². The molecule has 8 nitrogen and oxygen atoms in total. The van der Waals surface area contributed by atoms with E-state index in [-0.39, 0.29) is 35.1 Å². The van der Waals surface area contributed by atoms with Crippen molar-refractivity contribution in [3.05, 3.63) is 75.1 Å². The average Bonchev–Trinajstić information content (AvgIpc) is 2.98. The molecule has 0 spiro atoms. The highest BCUT2D eigenvalue weighted by Crippen LogP contribution is 2.31. The Kier molecular flexibility index (Phi) is 5.12. The number of carbonyl (C=O) groups excluding carboxylic acids is 2. The monoisotopic (exact) mass is 382 g/mol. The van der Waals surface area contributed by atoms with Crippen LogP contribution in [0.25, 0.3) is 5.52 Å². The lowest BCUT2D eigenvalue weighted by molar-refractivity contribution is -0.385. The molecule has 2 aromatic heterocycles. The highest BCUT2D eigenvalue weighted by molar-refractivity contribution is 6.13. The van der Waals surface area contributed by atoms with Crippen LogP contribution in [0.5, 0.6) is 5.75 Å². The van der Waals surface area contributed by atoms with Gasteiger partial charge in [0.1, 0.15) is 0 Å². The Morgan fingerprint density at radius 3 is 2.61 bits per heavy atom. The largest absolute Gasteiger partial charge is 0.490 e. The number of ether oxygens (including phenoxy) is 2. The molecule has 0 radical (unpaired) electrons. The maximum Gasteiger partial charge on any atom is 0.340 e. The first-order chi connectivity index (χ1) is 13.4. The summed E-state index contributed by atoms with van der Waals surface area (Å²) in [5.41, 5.74) is 1.61. The van der Waals surface area contributed by atoms with E-state index in [0.717, 1.165) is 0 Å². The SMILES string of the molecule is CCOC(=O)c1c(C)c(C(=O)c2ccc([N+](=O)[O-])c(OC)c2)n2ccccc12. The van der Waals surface area contributed by atoms with Crippen molar-refractivity contribution in [1.82, 2.24) is 4.40 Å². The molecule has 0 fully saturated rings. The summed E-state index contributed by atoms with van der Waals surface area (Å²) in [6, 6.07) is 9.16. The Hall–Kier alpha value is -3.68. The van der Waals surface area contributed by atoms with Crippen LogP contribution < -0.4 is 4.74 Å². The van der Waals surface area contributed by atoms with Gasteiger partial charge >= 0.3 is 11.7 Å². The molecule has 0 saturated carbocycles.